The molecule has 1 aromatic carbocycles. The molecule has 0 saturated heterocycles. The van der Waals surface area contributed by atoms with Gasteiger partial charge in [0, 0.05) is 19.8 Å². The van der Waals surface area contributed by atoms with Crippen molar-refractivity contribution in [2.45, 2.75) is 17.9 Å². The van der Waals surface area contributed by atoms with E-state index in [1.807, 2.05) is 0 Å². The van der Waals surface area contributed by atoms with Crippen molar-refractivity contribution in [3.05, 3.63) is 24.3 Å². The van der Waals surface area contributed by atoms with Crippen LogP contribution in [0.4, 0.5) is 5.69 Å². The molecule has 0 spiro atoms. The van der Waals surface area contributed by atoms with Gasteiger partial charge in [-0.25, -0.2) is 12.7 Å². The van der Waals surface area contributed by atoms with Gasteiger partial charge < -0.3 is 11.1 Å². The smallest absolute Gasteiger partial charge is 0.242 e. The number of nitrogens with two attached hydrogens (primary N) is 1. The second kappa shape index (κ2) is 5.47. The Morgan fingerprint density at radius 2 is 1.78 bits per heavy atom. The van der Waals surface area contributed by atoms with Gasteiger partial charge >= 0.3 is 0 Å². The van der Waals surface area contributed by atoms with Gasteiger partial charge in [0.1, 0.15) is 0 Å². The summed E-state index contributed by atoms with van der Waals surface area (Å²) in [6, 6.07) is 5.31. The number of rotatable bonds is 4. The average molecular weight is 271 g/mol. The fourth-order valence-corrected chi connectivity index (χ4v) is 2.08. The molecule has 1 unspecified atom stereocenters. The molecule has 18 heavy (non-hydrogen) atoms. The molecule has 0 aliphatic carbocycles. The van der Waals surface area contributed by atoms with Crippen molar-refractivity contribution in [2.24, 2.45) is 5.73 Å². The Labute approximate surface area is 107 Å². The van der Waals surface area contributed by atoms with Gasteiger partial charge in [0.15, 0.2) is 0 Å². The third-order valence-electron chi connectivity index (χ3n) is 2.31. The Bertz CT molecular complexity index is 521. The van der Waals surface area contributed by atoms with Crippen LogP contribution in [0, 0.1) is 0 Å². The summed E-state index contributed by atoms with van der Waals surface area (Å²) in [6.07, 6.45) is 0. The van der Waals surface area contributed by atoms with Crippen molar-refractivity contribution in [1.29, 1.82) is 0 Å². The summed E-state index contributed by atoms with van der Waals surface area (Å²) in [5, 5.41) is 2.58. The number of amides is 1. The average Bonchev–Trinajstić information content (AvgIpc) is 2.29. The minimum Gasteiger partial charge on any atom is -0.325 e. The number of hydrogen-bond donors (Lipinski definition) is 2. The molecule has 0 aromatic heterocycles. The number of benzene rings is 1. The van der Waals surface area contributed by atoms with E-state index in [1.54, 1.807) is 6.92 Å². The fraction of sp³-hybridized carbons (Fsp3) is 0.364. The van der Waals surface area contributed by atoms with Gasteiger partial charge in [-0.15, -0.1) is 0 Å². The first-order valence-corrected chi connectivity index (χ1v) is 6.78. The van der Waals surface area contributed by atoms with E-state index in [1.165, 1.54) is 38.4 Å². The van der Waals surface area contributed by atoms with E-state index in [-0.39, 0.29) is 10.8 Å². The molecular formula is C11H17N3O3S. The second-order valence-electron chi connectivity index (χ2n) is 4.09. The normalized spacial score (nSPS) is 13.4. The summed E-state index contributed by atoms with van der Waals surface area (Å²) in [7, 11) is -0.524. The predicted octanol–water partition coefficient (Wildman–Crippen LogP) is 0.223. The van der Waals surface area contributed by atoms with Gasteiger partial charge in [0.2, 0.25) is 15.9 Å². The Balaban J connectivity index is 2.91. The van der Waals surface area contributed by atoms with Crippen molar-refractivity contribution in [1.82, 2.24) is 4.31 Å². The zero-order chi connectivity index (χ0) is 13.9. The predicted molar refractivity (Wildman–Crippen MR) is 69.6 cm³/mol. The largest absolute Gasteiger partial charge is 0.325 e. The molecule has 1 amide bonds. The number of nitrogens with zero attached hydrogens (tertiary/aromatic N) is 1. The summed E-state index contributed by atoms with van der Waals surface area (Å²) in [6.45, 7) is 1.57. The topological polar surface area (TPSA) is 92.5 Å². The zero-order valence-corrected chi connectivity index (χ0v) is 11.4. The van der Waals surface area contributed by atoms with Gasteiger partial charge in [-0.1, -0.05) is 0 Å². The number of sulfonamides is 1. The molecule has 100 valence electrons. The molecule has 0 radical (unpaired) electrons. The monoisotopic (exact) mass is 271 g/mol. The Hall–Kier alpha value is -1.44. The highest BCUT2D eigenvalue weighted by atomic mass is 32.2. The molecule has 6 nitrogen and oxygen atoms in total. The van der Waals surface area contributed by atoms with Crippen LogP contribution in [0.2, 0.25) is 0 Å². The Morgan fingerprint density at radius 3 is 2.17 bits per heavy atom. The van der Waals surface area contributed by atoms with E-state index < -0.39 is 16.1 Å². The summed E-state index contributed by atoms with van der Waals surface area (Å²) in [5.41, 5.74) is 5.92. The van der Waals surface area contributed by atoms with Gasteiger partial charge in [0.05, 0.1) is 10.9 Å². The van der Waals surface area contributed by atoms with E-state index >= 15 is 0 Å². The molecular weight excluding hydrogens is 254 g/mol. The first kappa shape index (κ1) is 14.6. The van der Waals surface area contributed by atoms with E-state index in [2.05, 4.69) is 5.32 Å². The number of hydrogen-bond acceptors (Lipinski definition) is 4. The van der Waals surface area contributed by atoms with Crippen molar-refractivity contribution in [3.63, 3.8) is 0 Å². The minimum absolute atomic E-state index is 0.172. The third-order valence-corrected chi connectivity index (χ3v) is 4.14. The van der Waals surface area contributed by atoms with Gasteiger partial charge in [-0.3, -0.25) is 4.79 Å². The standard InChI is InChI=1S/C11H17N3O3S/c1-8(12)11(15)13-9-4-6-10(7-5-9)18(16,17)14(2)3/h4-8H,12H2,1-3H3,(H,13,15). The summed E-state index contributed by atoms with van der Waals surface area (Å²) in [4.78, 5) is 11.5. The SMILES string of the molecule is CC(N)C(=O)Nc1ccc(S(=O)(=O)N(C)C)cc1. The molecule has 0 saturated carbocycles. The highest BCUT2D eigenvalue weighted by molar-refractivity contribution is 7.89. The van der Waals surface area contributed by atoms with E-state index in [9.17, 15) is 13.2 Å². The molecule has 3 N–H and O–H groups in total. The van der Waals surface area contributed by atoms with Gasteiger partial charge in [0.25, 0.3) is 0 Å². The summed E-state index contributed by atoms with van der Waals surface area (Å²) < 4.78 is 24.7. The van der Waals surface area contributed by atoms with Crippen LogP contribution in [0.5, 0.6) is 0 Å². The number of carbonyl (C=O) groups excluding carboxylic acids is 1. The number of nitrogens with one attached hydrogen (secondary N) is 1. The van der Waals surface area contributed by atoms with Crippen LogP contribution in [-0.2, 0) is 14.8 Å². The first-order valence-electron chi connectivity index (χ1n) is 5.34. The maximum absolute atomic E-state index is 11.8. The quantitative estimate of drug-likeness (QED) is 0.819. The van der Waals surface area contributed by atoms with Crippen LogP contribution in [-0.4, -0.2) is 38.8 Å². The summed E-state index contributed by atoms with van der Waals surface area (Å²) >= 11 is 0. The van der Waals surface area contributed by atoms with Gasteiger partial charge in [-0.2, -0.15) is 0 Å². The fourth-order valence-electron chi connectivity index (χ4n) is 1.18. The first-order chi connectivity index (χ1) is 8.25. The van der Waals surface area contributed by atoms with Crippen LogP contribution in [0.3, 0.4) is 0 Å². The van der Waals surface area contributed by atoms with Crippen molar-refractivity contribution in [3.8, 4) is 0 Å². The Kier molecular flexibility index (Phi) is 4.44. The third kappa shape index (κ3) is 3.28. The maximum atomic E-state index is 11.8. The van der Waals surface area contributed by atoms with Crippen molar-refractivity contribution >= 4 is 21.6 Å². The maximum Gasteiger partial charge on any atom is 0.242 e. The van der Waals surface area contributed by atoms with Crippen molar-refractivity contribution in [2.75, 3.05) is 19.4 Å². The van der Waals surface area contributed by atoms with Crippen molar-refractivity contribution < 1.29 is 13.2 Å². The van der Waals surface area contributed by atoms with Crippen LogP contribution in [0.25, 0.3) is 0 Å². The Morgan fingerprint density at radius 1 is 1.28 bits per heavy atom. The van der Waals surface area contributed by atoms with Crippen LogP contribution < -0.4 is 11.1 Å². The molecule has 7 heteroatoms. The number of carbonyl (C=O) groups is 1. The van der Waals surface area contributed by atoms with Crippen LogP contribution in [0.15, 0.2) is 29.2 Å². The molecule has 0 aliphatic heterocycles. The molecule has 1 rings (SSSR count). The molecule has 1 aromatic rings. The van der Waals surface area contributed by atoms with E-state index in [0.29, 0.717) is 5.69 Å². The molecule has 1 atom stereocenters. The lowest BCUT2D eigenvalue weighted by Gasteiger charge is -2.12. The van der Waals surface area contributed by atoms with Crippen LogP contribution in [0.1, 0.15) is 6.92 Å². The van der Waals surface area contributed by atoms with Gasteiger partial charge in [-0.05, 0) is 31.2 Å². The molecule has 0 bridgehead atoms. The van der Waals surface area contributed by atoms with E-state index in [0.717, 1.165) is 4.31 Å². The second-order valence-corrected chi connectivity index (χ2v) is 6.24. The lowest BCUT2D eigenvalue weighted by molar-refractivity contribution is -0.117. The highest BCUT2D eigenvalue weighted by Crippen LogP contribution is 2.16. The lowest BCUT2D eigenvalue weighted by atomic mass is 10.3. The lowest BCUT2D eigenvalue weighted by Crippen LogP contribution is -2.32. The van der Waals surface area contributed by atoms with Crippen LogP contribution >= 0.6 is 0 Å². The number of anilines is 1. The van der Waals surface area contributed by atoms with E-state index in [4.69, 9.17) is 5.73 Å². The molecule has 0 aliphatic rings. The highest BCUT2D eigenvalue weighted by Gasteiger charge is 2.16. The molecule has 0 fully saturated rings. The minimum atomic E-state index is -3.44. The summed E-state index contributed by atoms with van der Waals surface area (Å²) in [5.74, 6) is -0.321. The molecule has 0 heterocycles. The zero-order valence-electron chi connectivity index (χ0n) is 10.5.